The van der Waals surface area contributed by atoms with E-state index in [1.54, 1.807) is 0 Å². The maximum atomic E-state index is 10.8. The minimum absolute atomic E-state index is 0.000623. The topological polar surface area (TPSA) is 88.4 Å². The standard InChI is InChI=1S/C9H14ClN4O2/c1-9(2,3)5-12-7-6(14(15)16)4-11-8(10)13-7/h4,14H,5H2,1-3H3,(H,11,12,13)/q-1. The SMILES string of the molecule is CC(C)(C)CNc1nc(Cl)ncc1[NH+]([O-])[O-]. The molecule has 0 atom stereocenters. The number of aromatic nitrogens is 2. The smallest absolute Gasteiger partial charge is 0.224 e. The summed E-state index contributed by atoms with van der Waals surface area (Å²) in [6.45, 7) is 6.62. The number of hydrogen-bond donors (Lipinski definition) is 2. The molecule has 1 aromatic rings. The van der Waals surface area contributed by atoms with Gasteiger partial charge in [-0.25, -0.2) is 4.98 Å². The highest BCUT2D eigenvalue weighted by Crippen LogP contribution is 2.19. The van der Waals surface area contributed by atoms with Crippen LogP contribution in [0, 0.1) is 15.8 Å². The number of anilines is 1. The molecule has 6 nitrogen and oxygen atoms in total. The van der Waals surface area contributed by atoms with Gasteiger partial charge in [-0.15, -0.1) is 0 Å². The Labute approximate surface area is 98.8 Å². The molecule has 1 rings (SSSR count). The predicted octanol–water partition coefficient (Wildman–Crippen LogP) is 1.10. The Kier molecular flexibility index (Phi) is 4.03. The molecule has 0 fully saturated rings. The van der Waals surface area contributed by atoms with Gasteiger partial charge in [0.15, 0.2) is 11.5 Å². The van der Waals surface area contributed by atoms with E-state index in [4.69, 9.17) is 11.6 Å². The first-order valence-corrected chi connectivity index (χ1v) is 5.15. The Morgan fingerprint density at radius 3 is 2.56 bits per heavy atom. The van der Waals surface area contributed by atoms with Crippen molar-refractivity contribution in [2.24, 2.45) is 5.41 Å². The predicted molar refractivity (Wildman–Crippen MR) is 62.3 cm³/mol. The molecule has 0 aromatic carbocycles. The van der Waals surface area contributed by atoms with Crippen LogP contribution in [0.1, 0.15) is 20.8 Å². The minimum Gasteiger partial charge on any atom is -0.627 e. The molecule has 0 spiro atoms. The second-order valence-corrected chi connectivity index (χ2v) is 4.94. The summed E-state index contributed by atoms with van der Waals surface area (Å²) in [6, 6.07) is 0. The number of rotatable bonds is 3. The molecular weight excluding hydrogens is 232 g/mol. The van der Waals surface area contributed by atoms with Gasteiger partial charge in [0.2, 0.25) is 5.28 Å². The van der Waals surface area contributed by atoms with Crippen molar-refractivity contribution in [1.82, 2.24) is 9.97 Å². The summed E-state index contributed by atoms with van der Waals surface area (Å²) in [4.78, 5) is 7.42. The summed E-state index contributed by atoms with van der Waals surface area (Å²) in [7, 11) is 0. The van der Waals surface area contributed by atoms with Gasteiger partial charge in [-0.05, 0) is 17.0 Å². The quantitative estimate of drug-likeness (QED) is 0.615. The highest BCUT2D eigenvalue weighted by atomic mass is 35.5. The van der Waals surface area contributed by atoms with E-state index in [1.165, 1.54) is 0 Å². The Hall–Kier alpha value is -0.950. The van der Waals surface area contributed by atoms with Crippen molar-refractivity contribution < 1.29 is 5.23 Å². The van der Waals surface area contributed by atoms with Crippen LogP contribution in [0.25, 0.3) is 0 Å². The maximum absolute atomic E-state index is 10.8. The van der Waals surface area contributed by atoms with E-state index in [9.17, 15) is 10.4 Å². The van der Waals surface area contributed by atoms with Gasteiger partial charge in [-0.1, -0.05) is 20.8 Å². The minimum atomic E-state index is -1.33. The fourth-order valence-corrected chi connectivity index (χ4v) is 1.13. The zero-order valence-corrected chi connectivity index (χ0v) is 10.1. The summed E-state index contributed by atoms with van der Waals surface area (Å²) < 4.78 is 0. The van der Waals surface area contributed by atoms with Crippen LogP contribution in [-0.2, 0) is 0 Å². The lowest BCUT2D eigenvalue weighted by Crippen LogP contribution is -2.96. The molecule has 2 N–H and O–H groups in total. The van der Waals surface area contributed by atoms with Gasteiger partial charge in [-0.3, -0.25) is 0 Å². The average molecular weight is 246 g/mol. The molecule has 0 saturated heterocycles. The summed E-state index contributed by atoms with van der Waals surface area (Å²) in [5, 5.41) is 23.2. The number of nitrogens with one attached hydrogen (secondary N) is 2. The van der Waals surface area contributed by atoms with Gasteiger partial charge in [0, 0.05) is 6.54 Å². The number of hydrogen-bond acceptors (Lipinski definition) is 5. The first-order valence-electron chi connectivity index (χ1n) is 4.77. The molecule has 1 heterocycles. The molecule has 0 radical (unpaired) electrons. The van der Waals surface area contributed by atoms with Crippen molar-refractivity contribution >= 4 is 23.1 Å². The van der Waals surface area contributed by atoms with E-state index in [1.807, 2.05) is 20.8 Å². The molecule has 0 bridgehead atoms. The monoisotopic (exact) mass is 245 g/mol. The zero-order valence-electron chi connectivity index (χ0n) is 9.37. The third kappa shape index (κ3) is 3.90. The third-order valence-electron chi connectivity index (χ3n) is 1.77. The molecule has 7 heteroatoms. The van der Waals surface area contributed by atoms with E-state index in [-0.39, 0.29) is 22.2 Å². The molecule has 1 aromatic heterocycles. The molecule has 0 aliphatic carbocycles. The van der Waals surface area contributed by atoms with Crippen LogP contribution in [0.5, 0.6) is 0 Å². The average Bonchev–Trinajstić information content (AvgIpc) is 2.13. The Balaban J connectivity index is 2.88. The fraction of sp³-hybridized carbons (Fsp3) is 0.556. The lowest BCUT2D eigenvalue weighted by atomic mass is 9.97. The van der Waals surface area contributed by atoms with Crippen LogP contribution >= 0.6 is 11.6 Å². The summed E-state index contributed by atoms with van der Waals surface area (Å²) >= 11 is 5.60. The van der Waals surface area contributed by atoms with Gasteiger partial charge in [0.25, 0.3) is 0 Å². The van der Waals surface area contributed by atoms with Crippen molar-refractivity contribution in [3.8, 4) is 0 Å². The van der Waals surface area contributed by atoms with Crippen molar-refractivity contribution in [2.75, 3.05) is 11.9 Å². The Bertz CT molecular complexity index is 365. The van der Waals surface area contributed by atoms with Gasteiger partial charge < -0.3 is 21.0 Å². The second-order valence-electron chi connectivity index (χ2n) is 4.60. The van der Waals surface area contributed by atoms with Crippen LogP contribution < -0.4 is 10.5 Å². The van der Waals surface area contributed by atoms with Gasteiger partial charge >= 0.3 is 0 Å². The van der Waals surface area contributed by atoms with Gasteiger partial charge in [0.05, 0.1) is 6.20 Å². The van der Waals surface area contributed by atoms with Crippen molar-refractivity contribution in [3.63, 3.8) is 0 Å². The molecule has 0 unspecified atom stereocenters. The number of quaternary nitrogens is 1. The molecule has 16 heavy (non-hydrogen) atoms. The van der Waals surface area contributed by atoms with Crippen molar-refractivity contribution in [2.45, 2.75) is 20.8 Å². The molecular formula is C9H14ClN4O2-. The van der Waals surface area contributed by atoms with E-state index < -0.39 is 5.23 Å². The molecule has 0 aliphatic heterocycles. The van der Waals surface area contributed by atoms with Crippen molar-refractivity contribution in [3.05, 3.63) is 21.9 Å². The van der Waals surface area contributed by atoms with Crippen LogP contribution in [0.2, 0.25) is 5.28 Å². The second kappa shape index (κ2) is 4.92. The van der Waals surface area contributed by atoms with E-state index in [0.717, 1.165) is 6.20 Å². The fourth-order valence-electron chi connectivity index (χ4n) is 0.993. The number of halogens is 1. The first kappa shape index (κ1) is 13.1. The molecule has 0 aliphatic rings. The normalized spacial score (nSPS) is 11.9. The lowest BCUT2D eigenvalue weighted by molar-refractivity contribution is -0.714. The Morgan fingerprint density at radius 2 is 2.06 bits per heavy atom. The molecule has 90 valence electrons. The van der Waals surface area contributed by atoms with Gasteiger partial charge in [-0.2, -0.15) is 4.98 Å². The van der Waals surface area contributed by atoms with E-state index >= 15 is 0 Å². The van der Waals surface area contributed by atoms with Crippen LogP contribution in [-0.4, -0.2) is 16.5 Å². The van der Waals surface area contributed by atoms with Crippen LogP contribution in [0.3, 0.4) is 0 Å². The Morgan fingerprint density at radius 1 is 1.44 bits per heavy atom. The molecule has 0 saturated carbocycles. The summed E-state index contributed by atoms with van der Waals surface area (Å²) in [6.07, 6.45) is 1.13. The van der Waals surface area contributed by atoms with Crippen LogP contribution in [0.4, 0.5) is 11.5 Å². The van der Waals surface area contributed by atoms with Crippen molar-refractivity contribution in [1.29, 1.82) is 0 Å². The van der Waals surface area contributed by atoms with E-state index in [0.29, 0.717) is 6.54 Å². The summed E-state index contributed by atoms with van der Waals surface area (Å²) in [5.74, 6) is 0.190. The van der Waals surface area contributed by atoms with Crippen LogP contribution in [0.15, 0.2) is 6.20 Å². The van der Waals surface area contributed by atoms with E-state index in [2.05, 4.69) is 15.3 Å². The highest BCUT2D eigenvalue weighted by molar-refractivity contribution is 6.28. The number of nitrogens with zero attached hydrogens (tertiary/aromatic N) is 2. The highest BCUT2D eigenvalue weighted by Gasteiger charge is 2.14. The molecule has 0 amide bonds. The third-order valence-corrected chi connectivity index (χ3v) is 1.95. The maximum Gasteiger partial charge on any atom is 0.224 e. The lowest BCUT2D eigenvalue weighted by Gasteiger charge is -2.27. The largest absolute Gasteiger partial charge is 0.627 e. The summed E-state index contributed by atoms with van der Waals surface area (Å²) in [5.41, 5.74) is -0.0886. The first-order chi connectivity index (χ1) is 7.29. The zero-order chi connectivity index (χ0) is 12.3. The van der Waals surface area contributed by atoms with Gasteiger partial charge in [0.1, 0.15) is 0 Å².